The molecule has 0 spiro atoms. The molecule has 1 rings (SSSR count). The molecule has 0 aliphatic rings. The lowest BCUT2D eigenvalue weighted by molar-refractivity contribution is -0.0471. The van der Waals surface area contributed by atoms with Crippen molar-refractivity contribution in [1.29, 1.82) is 0 Å². The predicted octanol–water partition coefficient (Wildman–Crippen LogP) is 3.74. The lowest BCUT2D eigenvalue weighted by atomic mass is 10.1. The van der Waals surface area contributed by atoms with Crippen molar-refractivity contribution in [2.45, 2.75) is 12.3 Å². The van der Waals surface area contributed by atoms with E-state index in [1.807, 2.05) is 0 Å². The van der Waals surface area contributed by atoms with E-state index in [1.165, 1.54) is 24.3 Å². The van der Waals surface area contributed by atoms with Gasteiger partial charge in [0.05, 0.1) is 13.1 Å². The molecule has 0 bridgehead atoms. The normalized spacial score (nSPS) is 12.4. The smallest absolute Gasteiger partial charge is 0.285 e. The molecule has 0 atom stereocenters. The van der Waals surface area contributed by atoms with Crippen molar-refractivity contribution in [3.8, 4) is 0 Å². The average molecular weight is 328 g/mol. The quantitative estimate of drug-likeness (QED) is 0.544. The van der Waals surface area contributed by atoms with Crippen molar-refractivity contribution in [1.82, 2.24) is 4.90 Å². The van der Waals surface area contributed by atoms with Crippen LogP contribution in [0.5, 0.6) is 0 Å². The van der Waals surface area contributed by atoms with E-state index in [0.29, 0.717) is 5.33 Å². The molecule has 0 radical (unpaired) electrons. The standard InChI is InChI=1S/C12H14BrF4N/c13-6-7-18(8-11(14)15)9-12(16,17)10-4-2-1-3-5-10/h1-5,11H,6-9H2. The molecule has 0 saturated heterocycles. The molecule has 0 amide bonds. The molecule has 0 unspecified atom stereocenters. The molecule has 1 nitrogen and oxygen atoms in total. The van der Waals surface area contributed by atoms with Crippen LogP contribution in [0.25, 0.3) is 0 Å². The van der Waals surface area contributed by atoms with Crippen LogP contribution in [0.4, 0.5) is 17.6 Å². The van der Waals surface area contributed by atoms with E-state index in [4.69, 9.17) is 0 Å². The summed E-state index contributed by atoms with van der Waals surface area (Å²) in [6.07, 6.45) is -2.62. The Labute approximate surface area is 112 Å². The fourth-order valence-electron chi connectivity index (χ4n) is 1.60. The molecule has 102 valence electrons. The number of rotatable bonds is 7. The van der Waals surface area contributed by atoms with Crippen molar-refractivity contribution in [3.63, 3.8) is 0 Å². The lowest BCUT2D eigenvalue weighted by Gasteiger charge is -2.26. The van der Waals surface area contributed by atoms with E-state index < -0.39 is 25.4 Å². The van der Waals surface area contributed by atoms with Gasteiger partial charge >= 0.3 is 0 Å². The molecule has 0 aromatic heterocycles. The van der Waals surface area contributed by atoms with E-state index >= 15 is 0 Å². The highest BCUT2D eigenvalue weighted by atomic mass is 79.9. The second-order valence-electron chi connectivity index (χ2n) is 3.89. The van der Waals surface area contributed by atoms with E-state index in [2.05, 4.69) is 15.9 Å². The zero-order chi connectivity index (χ0) is 13.6. The Morgan fingerprint density at radius 3 is 2.28 bits per heavy atom. The lowest BCUT2D eigenvalue weighted by Crippen LogP contribution is -2.39. The zero-order valence-corrected chi connectivity index (χ0v) is 11.2. The van der Waals surface area contributed by atoms with Crippen LogP contribution in [-0.2, 0) is 5.92 Å². The maximum atomic E-state index is 13.9. The summed E-state index contributed by atoms with van der Waals surface area (Å²) in [6, 6.07) is 7.24. The van der Waals surface area contributed by atoms with E-state index in [9.17, 15) is 17.6 Å². The molecular formula is C12H14BrF4N. The van der Waals surface area contributed by atoms with E-state index in [-0.39, 0.29) is 12.1 Å². The highest BCUT2D eigenvalue weighted by molar-refractivity contribution is 9.09. The minimum Gasteiger partial charge on any atom is -0.291 e. The Hall–Kier alpha value is -0.620. The first kappa shape index (κ1) is 15.4. The molecule has 18 heavy (non-hydrogen) atoms. The summed E-state index contributed by atoms with van der Waals surface area (Å²) in [4.78, 5) is 1.06. The summed E-state index contributed by atoms with van der Waals surface area (Å²) in [6.45, 7) is -1.19. The topological polar surface area (TPSA) is 3.24 Å². The maximum absolute atomic E-state index is 13.9. The van der Waals surface area contributed by atoms with Crippen LogP contribution in [0.15, 0.2) is 30.3 Å². The number of alkyl halides is 5. The van der Waals surface area contributed by atoms with Crippen LogP contribution in [0.3, 0.4) is 0 Å². The molecule has 0 aliphatic carbocycles. The first-order valence-corrected chi connectivity index (χ1v) is 6.57. The summed E-state index contributed by atoms with van der Waals surface area (Å²) < 4.78 is 52.3. The van der Waals surface area contributed by atoms with Crippen molar-refractivity contribution in [2.24, 2.45) is 0 Å². The monoisotopic (exact) mass is 327 g/mol. The summed E-state index contributed by atoms with van der Waals surface area (Å²) >= 11 is 3.07. The van der Waals surface area contributed by atoms with Gasteiger partial charge in [-0.05, 0) is 0 Å². The van der Waals surface area contributed by atoms with Crippen molar-refractivity contribution >= 4 is 15.9 Å². The Kier molecular flexibility index (Phi) is 6.08. The van der Waals surface area contributed by atoms with Gasteiger partial charge in [0.15, 0.2) is 0 Å². The van der Waals surface area contributed by atoms with Gasteiger partial charge in [-0.15, -0.1) is 0 Å². The molecule has 0 N–H and O–H groups in total. The van der Waals surface area contributed by atoms with E-state index in [0.717, 1.165) is 4.90 Å². The molecule has 1 aromatic carbocycles. The summed E-state index contributed by atoms with van der Waals surface area (Å²) in [5.41, 5.74) is -0.154. The van der Waals surface area contributed by atoms with Crippen LogP contribution in [0.2, 0.25) is 0 Å². The largest absolute Gasteiger partial charge is 0.291 e. The van der Waals surface area contributed by atoms with Gasteiger partial charge in [-0.2, -0.15) is 8.78 Å². The second kappa shape index (κ2) is 7.09. The first-order valence-electron chi connectivity index (χ1n) is 5.45. The molecule has 6 heteroatoms. The van der Waals surface area contributed by atoms with Crippen molar-refractivity contribution in [2.75, 3.05) is 25.0 Å². The fourth-order valence-corrected chi connectivity index (χ4v) is 2.11. The van der Waals surface area contributed by atoms with E-state index in [1.54, 1.807) is 6.07 Å². The fraction of sp³-hybridized carbons (Fsp3) is 0.500. The van der Waals surface area contributed by atoms with Crippen molar-refractivity contribution in [3.05, 3.63) is 35.9 Å². The molecule has 0 heterocycles. The molecule has 0 saturated carbocycles. The van der Waals surface area contributed by atoms with Crippen LogP contribution in [-0.4, -0.2) is 36.3 Å². The Balaban J connectivity index is 2.72. The molecule has 1 aromatic rings. The highest BCUT2D eigenvalue weighted by Crippen LogP contribution is 2.28. The number of hydrogen-bond acceptors (Lipinski definition) is 1. The number of nitrogens with zero attached hydrogens (tertiary/aromatic N) is 1. The zero-order valence-electron chi connectivity index (χ0n) is 9.63. The Morgan fingerprint density at radius 2 is 1.78 bits per heavy atom. The van der Waals surface area contributed by atoms with Gasteiger partial charge in [-0.1, -0.05) is 46.3 Å². The van der Waals surface area contributed by atoms with Gasteiger partial charge in [0, 0.05) is 17.4 Å². The SMILES string of the molecule is FC(F)CN(CCBr)CC(F)(F)c1ccccc1. The number of hydrogen-bond donors (Lipinski definition) is 0. The average Bonchev–Trinajstić information content (AvgIpc) is 2.29. The van der Waals surface area contributed by atoms with Gasteiger partial charge in [0.1, 0.15) is 0 Å². The van der Waals surface area contributed by atoms with Gasteiger partial charge < -0.3 is 0 Å². The minimum atomic E-state index is -3.13. The van der Waals surface area contributed by atoms with Gasteiger partial charge in [0.25, 0.3) is 12.3 Å². The number of halogens is 5. The van der Waals surface area contributed by atoms with Crippen LogP contribution in [0, 0.1) is 0 Å². The van der Waals surface area contributed by atoms with Crippen LogP contribution >= 0.6 is 15.9 Å². The molecule has 0 aliphatic heterocycles. The van der Waals surface area contributed by atoms with Crippen molar-refractivity contribution < 1.29 is 17.6 Å². The summed E-state index contributed by atoms with van der Waals surface area (Å²) in [5, 5.41) is 0.380. The summed E-state index contributed by atoms with van der Waals surface area (Å²) in [5.74, 6) is -3.13. The molecular weight excluding hydrogens is 314 g/mol. The second-order valence-corrected chi connectivity index (χ2v) is 4.68. The third kappa shape index (κ3) is 4.94. The summed E-state index contributed by atoms with van der Waals surface area (Å²) in [7, 11) is 0. The Bertz CT molecular complexity index is 345. The Morgan fingerprint density at radius 1 is 1.17 bits per heavy atom. The van der Waals surface area contributed by atoms with Gasteiger partial charge in [-0.25, -0.2) is 8.78 Å². The number of benzene rings is 1. The minimum absolute atomic E-state index is 0.154. The van der Waals surface area contributed by atoms with Gasteiger partial charge in [0.2, 0.25) is 0 Å². The maximum Gasteiger partial charge on any atom is 0.285 e. The van der Waals surface area contributed by atoms with Crippen LogP contribution in [0.1, 0.15) is 5.56 Å². The van der Waals surface area contributed by atoms with Crippen LogP contribution < -0.4 is 0 Å². The third-order valence-corrected chi connectivity index (χ3v) is 2.77. The van der Waals surface area contributed by atoms with Gasteiger partial charge in [-0.3, -0.25) is 4.90 Å². The highest BCUT2D eigenvalue weighted by Gasteiger charge is 2.34. The first-order chi connectivity index (χ1) is 8.45. The molecule has 0 fully saturated rings. The third-order valence-electron chi connectivity index (χ3n) is 2.42. The predicted molar refractivity (Wildman–Crippen MR) is 66.6 cm³/mol.